The fraction of sp³-hybridized carbons (Fsp3) is 0.846. The van der Waals surface area contributed by atoms with Gasteiger partial charge in [-0.25, -0.2) is 0 Å². The Morgan fingerprint density at radius 2 is 2.00 bits per heavy atom. The largest absolute Gasteiger partial charge is 0.381 e. The molecule has 3 N–H and O–H groups in total. The van der Waals surface area contributed by atoms with Gasteiger partial charge in [-0.2, -0.15) is 0 Å². The van der Waals surface area contributed by atoms with E-state index in [1.165, 1.54) is 4.90 Å². The van der Waals surface area contributed by atoms with E-state index in [9.17, 15) is 9.59 Å². The highest BCUT2D eigenvalue weighted by Gasteiger charge is 2.41. The van der Waals surface area contributed by atoms with Gasteiger partial charge >= 0.3 is 0 Å². The molecule has 0 radical (unpaired) electrons. The lowest BCUT2D eigenvalue weighted by Gasteiger charge is -2.37. The molecule has 0 atom stereocenters. The third kappa shape index (κ3) is 3.45. The van der Waals surface area contributed by atoms with Crippen LogP contribution in [0.3, 0.4) is 0 Å². The third-order valence-electron chi connectivity index (χ3n) is 3.96. The smallest absolute Gasteiger partial charge is 0.239 e. The number of rotatable bonds is 5. The van der Waals surface area contributed by atoms with Gasteiger partial charge in [0.05, 0.1) is 12.0 Å². The first-order valence-electron chi connectivity index (χ1n) is 6.90. The van der Waals surface area contributed by atoms with Crippen LogP contribution in [0.5, 0.6) is 0 Å². The average Bonchev–Trinajstić information content (AvgIpc) is 3.22. The number of likely N-dealkylation sites (N-methyl/N-ethyl adjacent to an activating group) is 1. The highest BCUT2D eigenvalue weighted by atomic mass is 16.5. The van der Waals surface area contributed by atoms with Crippen molar-refractivity contribution in [1.82, 2.24) is 10.2 Å². The summed E-state index contributed by atoms with van der Waals surface area (Å²) in [5, 5.41) is 2.88. The second-order valence-corrected chi connectivity index (χ2v) is 5.60. The molecule has 0 unspecified atom stereocenters. The number of nitrogens with one attached hydrogen (secondary N) is 1. The molecule has 0 spiro atoms. The molecule has 1 aliphatic carbocycles. The monoisotopic (exact) mass is 269 g/mol. The Labute approximate surface area is 113 Å². The minimum Gasteiger partial charge on any atom is -0.381 e. The summed E-state index contributed by atoms with van der Waals surface area (Å²) in [5.41, 5.74) is 5.25. The summed E-state index contributed by atoms with van der Waals surface area (Å²) in [5.74, 6) is -0.123. The van der Waals surface area contributed by atoms with Gasteiger partial charge in [0.15, 0.2) is 0 Å². The van der Waals surface area contributed by atoms with Crippen LogP contribution in [0.25, 0.3) is 0 Å². The van der Waals surface area contributed by atoms with Crippen molar-refractivity contribution in [3.63, 3.8) is 0 Å². The zero-order valence-corrected chi connectivity index (χ0v) is 11.5. The Balaban J connectivity index is 1.90. The van der Waals surface area contributed by atoms with Gasteiger partial charge in [0.1, 0.15) is 0 Å². The van der Waals surface area contributed by atoms with E-state index in [1.807, 2.05) is 0 Å². The molecule has 0 bridgehead atoms. The molecular formula is C13H23N3O3. The Hall–Kier alpha value is -1.14. The highest BCUT2D eigenvalue weighted by Crippen LogP contribution is 2.31. The molecule has 1 saturated heterocycles. The lowest BCUT2D eigenvalue weighted by atomic mass is 9.79. The van der Waals surface area contributed by atoms with Crippen LogP contribution in [-0.2, 0) is 14.3 Å². The van der Waals surface area contributed by atoms with Gasteiger partial charge in [0, 0.05) is 32.8 Å². The molecule has 2 fully saturated rings. The molecule has 1 saturated carbocycles. The van der Waals surface area contributed by atoms with Gasteiger partial charge in [0.2, 0.25) is 11.8 Å². The Morgan fingerprint density at radius 1 is 1.37 bits per heavy atom. The third-order valence-corrected chi connectivity index (χ3v) is 3.96. The maximum atomic E-state index is 12.5. The molecule has 19 heavy (non-hydrogen) atoms. The zero-order chi connectivity index (χ0) is 13.9. The van der Waals surface area contributed by atoms with Crippen molar-refractivity contribution in [2.24, 2.45) is 11.1 Å². The minimum atomic E-state index is -0.549. The Morgan fingerprint density at radius 3 is 2.53 bits per heavy atom. The second-order valence-electron chi connectivity index (χ2n) is 5.60. The number of hydrogen-bond donors (Lipinski definition) is 2. The number of nitrogens with zero attached hydrogens (tertiary/aromatic N) is 1. The standard InChI is InChI=1S/C13H23N3O3/c1-16(8-11(17)15-10-2-3-10)12(18)13(9-14)4-6-19-7-5-13/h10H,2-9,14H2,1H3,(H,15,17). The SMILES string of the molecule is CN(CC(=O)NC1CC1)C(=O)C1(CN)CCOCC1. The van der Waals surface area contributed by atoms with Crippen LogP contribution in [0.2, 0.25) is 0 Å². The van der Waals surface area contributed by atoms with E-state index in [4.69, 9.17) is 10.5 Å². The predicted molar refractivity (Wildman–Crippen MR) is 70.3 cm³/mol. The second kappa shape index (κ2) is 5.88. The van der Waals surface area contributed by atoms with E-state index >= 15 is 0 Å². The van der Waals surface area contributed by atoms with Crippen LogP contribution in [-0.4, -0.2) is 56.1 Å². The fourth-order valence-electron chi connectivity index (χ4n) is 2.46. The van der Waals surface area contributed by atoms with Gasteiger partial charge in [-0.15, -0.1) is 0 Å². The van der Waals surface area contributed by atoms with Crippen molar-refractivity contribution < 1.29 is 14.3 Å². The Bertz CT molecular complexity index is 349. The number of amides is 2. The van der Waals surface area contributed by atoms with Crippen molar-refractivity contribution >= 4 is 11.8 Å². The van der Waals surface area contributed by atoms with Crippen LogP contribution in [0, 0.1) is 5.41 Å². The van der Waals surface area contributed by atoms with E-state index in [-0.39, 0.29) is 18.4 Å². The average molecular weight is 269 g/mol. The van der Waals surface area contributed by atoms with Crippen LogP contribution < -0.4 is 11.1 Å². The molecule has 2 amide bonds. The first-order chi connectivity index (χ1) is 9.07. The molecule has 108 valence electrons. The maximum absolute atomic E-state index is 12.5. The van der Waals surface area contributed by atoms with Gasteiger partial charge < -0.3 is 20.7 Å². The lowest BCUT2D eigenvalue weighted by molar-refractivity contribution is -0.148. The summed E-state index contributed by atoms with van der Waals surface area (Å²) in [4.78, 5) is 25.7. The number of nitrogens with two attached hydrogens (primary N) is 1. The summed E-state index contributed by atoms with van der Waals surface area (Å²) in [6, 6.07) is 0.322. The summed E-state index contributed by atoms with van der Waals surface area (Å²) >= 11 is 0. The van der Waals surface area contributed by atoms with Crippen LogP contribution in [0.1, 0.15) is 25.7 Å². The molecule has 2 rings (SSSR count). The molecule has 0 aromatic carbocycles. The summed E-state index contributed by atoms with van der Waals surface area (Å²) in [7, 11) is 1.67. The maximum Gasteiger partial charge on any atom is 0.239 e. The van der Waals surface area contributed by atoms with Crippen molar-refractivity contribution in [3.8, 4) is 0 Å². The number of carbonyl (C=O) groups excluding carboxylic acids is 2. The molecule has 1 heterocycles. The van der Waals surface area contributed by atoms with E-state index in [0.717, 1.165) is 12.8 Å². The molecular weight excluding hydrogens is 246 g/mol. The van der Waals surface area contributed by atoms with E-state index in [1.54, 1.807) is 7.05 Å². The molecule has 2 aliphatic rings. The van der Waals surface area contributed by atoms with E-state index in [0.29, 0.717) is 38.6 Å². The van der Waals surface area contributed by atoms with Crippen LogP contribution in [0.15, 0.2) is 0 Å². The first-order valence-corrected chi connectivity index (χ1v) is 6.90. The minimum absolute atomic E-state index is 0.0377. The highest BCUT2D eigenvalue weighted by molar-refractivity contribution is 5.88. The van der Waals surface area contributed by atoms with Crippen molar-refractivity contribution in [2.45, 2.75) is 31.7 Å². The zero-order valence-electron chi connectivity index (χ0n) is 11.5. The predicted octanol–water partition coefficient (Wildman–Crippen LogP) is -0.521. The fourth-order valence-corrected chi connectivity index (χ4v) is 2.46. The number of ether oxygens (including phenoxy) is 1. The lowest BCUT2D eigenvalue weighted by Crippen LogP contribution is -2.51. The van der Waals surface area contributed by atoms with Gasteiger partial charge in [-0.05, 0) is 25.7 Å². The van der Waals surface area contributed by atoms with Crippen LogP contribution >= 0.6 is 0 Å². The van der Waals surface area contributed by atoms with E-state index in [2.05, 4.69) is 5.32 Å². The van der Waals surface area contributed by atoms with Gasteiger partial charge in [0.25, 0.3) is 0 Å². The topological polar surface area (TPSA) is 84.7 Å². The van der Waals surface area contributed by atoms with Crippen molar-refractivity contribution in [2.75, 3.05) is 33.4 Å². The van der Waals surface area contributed by atoms with E-state index < -0.39 is 5.41 Å². The van der Waals surface area contributed by atoms with Crippen molar-refractivity contribution in [1.29, 1.82) is 0 Å². The summed E-state index contributed by atoms with van der Waals surface area (Å²) in [6.07, 6.45) is 3.37. The number of carbonyl (C=O) groups is 2. The quantitative estimate of drug-likeness (QED) is 0.703. The molecule has 1 aliphatic heterocycles. The molecule has 0 aromatic heterocycles. The first kappa shape index (κ1) is 14.3. The molecule has 0 aromatic rings. The molecule has 6 nitrogen and oxygen atoms in total. The summed E-state index contributed by atoms with van der Waals surface area (Å²) in [6.45, 7) is 1.54. The summed E-state index contributed by atoms with van der Waals surface area (Å²) < 4.78 is 5.29. The Kier molecular flexibility index (Phi) is 4.42. The molecule has 6 heteroatoms. The van der Waals surface area contributed by atoms with Gasteiger partial charge in [-0.3, -0.25) is 9.59 Å². The van der Waals surface area contributed by atoms with Gasteiger partial charge in [-0.1, -0.05) is 0 Å². The number of hydrogen-bond acceptors (Lipinski definition) is 4. The van der Waals surface area contributed by atoms with Crippen molar-refractivity contribution in [3.05, 3.63) is 0 Å². The van der Waals surface area contributed by atoms with Crippen LogP contribution in [0.4, 0.5) is 0 Å². The normalized spacial score (nSPS) is 21.8.